The highest BCUT2D eigenvalue weighted by molar-refractivity contribution is 5.87. The molecular formula is C18H27N3O2. The van der Waals surface area contributed by atoms with Gasteiger partial charge in [-0.15, -0.1) is 0 Å². The van der Waals surface area contributed by atoms with Gasteiger partial charge in [0.15, 0.2) is 0 Å². The Morgan fingerprint density at radius 3 is 2.30 bits per heavy atom. The van der Waals surface area contributed by atoms with Gasteiger partial charge in [-0.2, -0.15) is 0 Å². The zero-order valence-electron chi connectivity index (χ0n) is 14.1. The quantitative estimate of drug-likeness (QED) is 0.875. The van der Waals surface area contributed by atoms with Gasteiger partial charge in [0.05, 0.1) is 0 Å². The molecule has 3 amide bonds. The maximum atomic E-state index is 12.8. The summed E-state index contributed by atoms with van der Waals surface area (Å²) in [6.07, 6.45) is 2.63. The molecule has 0 bridgehead atoms. The molecule has 126 valence electrons. The van der Waals surface area contributed by atoms with Crippen molar-refractivity contribution in [3.63, 3.8) is 0 Å². The zero-order valence-corrected chi connectivity index (χ0v) is 14.1. The first kappa shape index (κ1) is 17.3. The van der Waals surface area contributed by atoms with E-state index in [1.54, 1.807) is 4.90 Å². The summed E-state index contributed by atoms with van der Waals surface area (Å²) in [7, 11) is 0. The lowest BCUT2D eigenvalue weighted by Gasteiger charge is -2.27. The van der Waals surface area contributed by atoms with E-state index in [2.05, 4.69) is 5.32 Å². The van der Waals surface area contributed by atoms with Crippen LogP contribution in [0.5, 0.6) is 0 Å². The molecule has 0 unspecified atom stereocenters. The van der Waals surface area contributed by atoms with Crippen LogP contribution in [0, 0.1) is 0 Å². The monoisotopic (exact) mass is 317 g/mol. The van der Waals surface area contributed by atoms with Crippen molar-refractivity contribution in [2.75, 3.05) is 26.2 Å². The van der Waals surface area contributed by atoms with Crippen molar-refractivity contribution >= 4 is 11.9 Å². The van der Waals surface area contributed by atoms with Gasteiger partial charge in [0.1, 0.15) is 6.04 Å². The van der Waals surface area contributed by atoms with Gasteiger partial charge in [0.25, 0.3) is 0 Å². The highest BCUT2D eigenvalue weighted by Crippen LogP contribution is 2.12. The van der Waals surface area contributed by atoms with Crippen LogP contribution in [0.1, 0.15) is 32.3 Å². The van der Waals surface area contributed by atoms with Crippen molar-refractivity contribution in [1.29, 1.82) is 0 Å². The highest BCUT2D eigenvalue weighted by Gasteiger charge is 2.28. The third kappa shape index (κ3) is 4.71. The number of carbonyl (C=O) groups is 2. The Kier molecular flexibility index (Phi) is 6.44. The van der Waals surface area contributed by atoms with Crippen molar-refractivity contribution in [2.45, 2.75) is 39.2 Å². The molecule has 5 heteroatoms. The van der Waals surface area contributed by atoms with Gasteiger partial charge in [-0.3, -0.25) is 4.79 Å². The number of likely N-dealkylation sites (tertiary alicyclic amines) is 1. The van der Waals surface area contributed by atoms with Crippen LogP contribution in [0.4, 0.5) is 4.79 Å². The van der Waals surface area contributed by atoms with E-state index in [1.807, 2.05) is 49.1 Å². The van der Waals surface area contributed by atoms with Gasteiger partial charge in [0.2, 0.25) is 5.91 Å². The molecule has 1 heterocycles. The van der Waals surface area contributed by atoms with Crippen LogP contribution >= 0.6 is 0 Å². The molecule has 0 aliphatic carbocycles. The number of nitrogens with one attached hydrogen (secondary N) is 1. The van der Waals surface area contributed by atoms with Crippen LogP contribution in [0.15, 0.2) is 30.3 Å². The summed E-state index contributed by atoms with van der Waals surface area (Å²) in [6.45, 7) is 6.75. The minimum atomic E-state index is -0.497. The number of amides is 3. The largest absolute Gasteiger partial charge is 0.341 e. The van der Waals surface area contributed by atoms with Crippen molar-refractivity contribution in [2.24, 2.45) is 0 Å². The van der Waals surface area contributed by atoms with Crippen LogP contribution in [-0.4, -0.2) is 54.0 Å². The first-order valence-corrected chi connectivity index (χ1v) is 8.53. The molecule has 1 aromatic carbocycles. The first-order valence-electron chi connectivity index (χ1n) is 8.53. The fourth-order valence-electron chi connectivity index (χ4n) is 2.96. The van der Waals surface area contributed by atoms with E-state index < -0.39 is 6.04 Å². The molecular weight excluding hydrogens is 290 g/mol. The Bertz CT molecular complexity index is 508. The second kappa shape index (κ2) is 8.56. The predicted octanol–water partition coefficient (Wildman–Crippen LogP) is 2.27. The van der Waals surface area contributed by atoms with Gasteiger partial charge in [-0.05, 0) is 32.3 Å². The van der Waals surface area contributed by atoms with E-state index in [1.165, 1.54) is 0 Å². The lowest BCUT2D eigenvalue weighted by Crippen LogP contribution is -2.52. The Hall–Kier alpha value is -2.04. The van der Waals surface area contributed by atoms with Gasteiger partial charge >= 0.3 is 6.03 Å². The number of nitrogens with zero attached hydrogens (tertiary/aromatic N) is 2. The summed E-state index contributed by atoms with van der Waals surface area (Å²) in [5.74, 6) is 0.0341. The average molecular weight is 317 g/mol. The van der Waals surface area contributed by atoms with Crippen molar-refractivity contribution in [1.82, 2.24) is 15.1 Å². The molecule has 1 N–H and O–H groups in total. The molecule has 0 saturated carbocycles. The van der Waals surface area contributed by atoms with Crippen LogP contribution in [-0.2, 0) is 11.2 Å². The van der Waals surface area contributed by atoms with Crippen molar-refractivity contribution in [3.8, 4) is 0 Å². The molecule has 1 fully saturated rings. The minimum absolute atomic E-state index is 0.0341. The van der Waals surface area contributed by atoms with Crippen LogP contribution < -0.4 is 5.32 Å². The number of hydrogen-bond donors (Lipinski definition) is 1. The van der Waals surface area contributed by atoms with Gasteiger partial charge in [-0.1, -0.05) is 30.3 Å². The second-order valence-electron chi connectivity index (χ2n) is 5.90. The molecule has 0 radical (unpaired) electrons. The molecule has 1 aromatic rings. The third-order valence-electron chi connectivity index (χ3n) is 4.35. The second-order valence-corrected chi connectivity index (χ2v) is 5.90. The van der Waals surface area contributed by atoms with E-state index in [0.717, 1.165) is 31.5 Å². The highest BCUT2D eigenvalue weighted by atomic mass is 16.2. The number of rotatable bonds is 6. The number of hydrogen-bond acceptors (Lipinski definition) is 2. The summed E-state index contributed by atoms with van der Waals surface area (Å²) in [5, 5.41) is 2.94. The van der Waals surface area contributed by atoms with Gasteiger partial charge < -0.3 is 15.1 Å². The molecule has 0 spiro atoms. The van der Waals surface area contributed by atoms with Crippen LogP contribution in [0.2, 0.25) is 0 Å². The van der Waals surface area contributed by atoms with Crippen LogP contribution in [0.25, 0.3) is 0 Å². The lowest BCUT2D eigenvalue weighted by molar-refractivity contribution is -0.132. The van der Waals surface area contributed by atoms with Gasteiger partial charge in [0, 0.05) is 32.6 Å². The fraction of sp³-hybridized carbons (Fsp3) is 0.556. The average Bonchev–Trinajstić information content (AvgIpc) is 3.10. The van der Waals surface area contributed by atoms with E-state index >= 15 is 0 Å². The SMILES string of the molecule is CCN(CC)C(=O)N[C@@H](Cc1ccccc1)C(=O)N1CCCC1. The standard InChI is InChI=1S/C18H27N3O2/c1-3-20(4-2)18(23)19-16(14-15-10-6-5-7-11-15)17(22)21-12-8-9-13-21/h5-7,10-11,16H,3-4,8-9,12-14H2,1-2H3,(H,19,23)/t16-/m0/s1. The number of urea groups is 1. The summed E-state index contributed by atoms with van der Waals surface area (Å²) in [5.41, 5.74) is 1.06. The van der Waals surface area contributed by atoms with E-state index in [-0.39, 0.29) is 11.9 Å². The lowest BCUT2D eigenvalue weighted by atomic mass is 10.0. The molecule has 0 aromatic heterocycles. The van der Waals surface area contributed by atoms with E-state index in [4.69, 9.17) is 0 Å². The molecule has 1 saturated heterocycles. The van der Waals surface area contributed by atoms with Crippen molar-refractivity contribution in [3.05, 3.63) is 35.9 Å². The summed E-state index contributed by atoms with van der Waals surface area (Å²) < 4.78 is 0. The maximum Gasteiger partial charge on any atom is 0.318 e. The predicted molar refractivity (Wildman–Crippen MR) is 91.2 cm³/mol. The normalized spacial score (nSPS) is 15.3. The Labute approximate surface area is 138 Å². The smallest absolute Gasteiger partial charge is 0.318 e. The topological polar surface area (TPSA) is 52.7 Å². The first-order chi connectivity index (χ1) is 11.2. The molecule has 2 rings (SSSR count). The minimum Gasteiger partial charge on any atom is -0.341 e. The van der Waals surface area contributed by atoms with E-state index in [9.17, 15) is 9.59 Å². The van der Waals surface area contributed by atoms with E-state index in [0.29, 0.717) is 19.5 Å². The summed E-state index contributed by atoms with van der Waals surface area (Å²) in [4.78, 5) is 28.7. The summed E-state index contributed by atoms with van der Waals surface area (Å²) in [6, 6.07) is 9.20. The molecule has 1 aliphatic rings. The Morgan fingerprint density at radius 1 is 1.13 bits per heavy atom. The Balaban J connectivity index is 2.10. The Morgan fingerprint density at radius 2 is 1.74 bits per heavy atom. The fourth-order valence-corrected chi connectivity index (χ4v) is 2.96. The molecule has 23 heavy (non-hydrogen) atoms. The van der Waals surface area contributed by atoms with Crippen LogP contribution in [0.3, 0.4) is 0 Å². The third-order valence-corrected chi connectivity index (χ3v) is 4.35. The van der Waals surface area contributed by atoms with Gasteiger partial charge in [-0.25, -0.2) is 4.79 Å². The number of benzene rings is 1. The number of carbonyl (C=O) groups excluding carboxylic acids is 2. The molecule has 1 atom stereocenters. The molecule has 1 aliphatic heterocycles. The maximum absolute atomic E-state index is 12.8. The summed E-state index contributed by atoms with van der Waals surface area (Å²) >= 11 is 0. The molecule has 5 nitrogen and oxygen atoms in total. The zero-order chi connectivity index (χ0) is 16.7. The van der Waals surface area contributed by atoms with Crippen molar-refractivity contribution < 1.29 is 9.59 Å².